The minimum absolute atomic E-state index is 0.280. The molecule has 2 nitrogen and oxygen atoms in total. The highest BCUT2D eigenvalue weighted by molar-refractivity contribution is 6.41. The summed E-state index contributed by atoms with van der Waals surface area (Å²) in [6, 6.07) is 7.54. The molecule has 0 heterocycles. The predicted octanol–water partition coefficient (Wildman–Crippen LogP) is 6.11. The fraction of sp³-hybridized carbons (Fsp3) is 0.0714. The maximum absolute atomic E-state index is 12.4. The summed E-state index contributed by atoms with van der Waals surface area (Å²) in [5, 5.41) is 4.83. The monoisotopic (exact) mass is 366 g/mol. The fourth-order valence-electron chi connectivity index (χ4n) is 1.58. The van der Waals surface area contributed by atoms with Crippen LogP contribution in [0.1, 0.15) is 11.1 Å². The molecule has 2 aromatic carbocycles. The number of nitrogens with one attached hydrogen (secondary N) is 1. The Morgan fingerprint density at radius 1 is 0.955 bits per heavy atom. The molecule has 0 saturated carbocycles. The molecule has 0 aliphatic rings. The lowest BCUT2D eigenvalue weighted by Crippen LogP contribution is -2.04. The van der Waals surface area contributed by atoms with Gasteiger partial charge in [-0.25, -0.2) is 0 Å². The molecule has 22 heavy (non-hydrogen) atoms. The largest absolute Gasteiger partial charge is 0.416 e. The van der Waals surface area contributed by atoms with Crippen LogP contribution in [0.2, 0.25) is 15.1 Å². The van der Waals surface area contributed by atoms with Crippen molar-refractivity contribution in [2.75, 3.05) is 5.43 Å². The number of benzene rings is 2. The van der Waals surface area contributed by atoms with Gasteiger partial charge in [0, 0.05) is 5.02 Å². The molecule has 0 fully saturated rings. The Balaban J connectivity index is 2.10. The number of alkyl halides is 3. The third-order valence-corrected chi connectivity index (χ3v) is 3.45. The van der Waals surface area contributed by atoms with E-state index in [9.17, 15) is 13.2 Å². The van der Waals surface area contributed by atoms with Gasteiger partial charge in [-0.05, 0) is 29.8 Å². The maximum atomic E-state index is 12.4. The Morgan fingerprint density at radius 2 is 1.50 bits per heavy atom. The van der Waals surface area contributed by atoms with Crippen LogP contribution in [0.5, 0.6) is 0 Å². The van der Waals surface area contributed by atoms with Crippen molar-refractivity contribution in [3.05, 3.63) is 62.6 Å². The van der Waals surface area contributed by atoms with Crippen molar-refractivity contribution in [3.63, 3.8) is 0 Å². The minimum Gasteiger partial charge on any atom is -0.275 e. The zero-order valence-corrected chi connectivity index (χ0v) is 13.0. The molecule has 8 heteroatoms. The standard InChI is InChI=1S/C14H8Cl3F3N2/c15-10-5-11(16)13(12(17)6-10)22-21-7-8-1-3-9(4-2-8)14(18,19)20/h1-7,22H/b21-7-. The van der Waals surface area contributed by atoms with Crippen LogP contribution in [-0.4, -0.2) is 6.21 Å². The molecule has 0 aromatic heterocycles. The summed E-state index contributed by atoms with van der Waals surface area (Å²) >= 11 is 17.7. The van der Waals surface area contributed by atoms with E-state index in [-0.39, 0.29) is 10.0 Å². The molecule has 0 radical (unpaired) electrons. The van der Waals surface area contributed by atoms with Gasteiger partial charge in [0.2, 0.25) is 0 Å². The highest BCUT2D eigenvalue weighted by atomic mass is 35.5. The number of hydrogen-bond donors (Lipinski definition) is 1. The van der Waals surface area contributed by atoms with Crippen molar-refractivity contribution in [1.82, 2.24) is 0 Å². The van der Waals surface area contributed by atoms with Crippen LogP contribution in [0.15, 0.2) is 41.5 Å². The Hall–Kier alpha value is -1.43. The van der Waals surface area contributed by atoms with Crippen molar-refractivity contribution in [3.8, 4) is 0 Å². The predicted molar refractivity (Wildman–Crippen MR) is 84.1 cm³/mol. The molecule has 0 saturated heterocycles. The quantitative estimate of drug-likeness (QED) is 0.513. The lowest BCUT2D eigenvalue weighted by molar-refractivity contribution is -0.137. The van der Waals surface area contributed by atoms with Gasteiger partial charge in [0.1, 0.15) is 0 Å². The van der Waals surface area contributed by atoms with Gasteiger partial charge in [-0.2, -0.15) is 18.3 Å². The summed E-state index contributed by atoms with van der Waals surface area (Å²) in [6.45, 7) is 0. The van der Waals surface area contributed by atoms with Crippen LogP contribution in [-0.2, 0) is 6.18 Å². The molecule has 0 spiro atoms. The number of hydrogen-bond acceptors (Lipinski definition) is 2. The molecule has 1 N–H and O–H groups in total. The van der Waals surface area contributed by atoms with Gasteiger partial charge < -0.3 is 0 Å². The average Bonchev–Trinajstić information content (AvgIpc) is 2.41. The Labute approximate surface area is 139 Å². The Bertz CT molecular complexity index is 674. The van der Waals surface area contributed by atoms with Gasteiger partial charge in [-0.3, -0.25) is 5.43 Å². The van der Waals surface area contributed by atoms with Crippen molar-refractivity contribution in [1.29, 1.82) is 0 Å². The van der Waals surface area contributed by atoms with E-state index >= 15 is 0 Å². The van der Waals surface area contributed by atoms with Gasteiger partial charge in [0.15, 0.2) is 0 Å². The van der Waals surface area contributed by atoms with Crippen molar-refractivity contribution in [2.24, 2.45) is 5.10 Å². The molecule has 0 bridgehead atoms. The second-order valence-electron chi connectivity index (χ2n) is 4.23. The lowest BCUT2D eigenvalue weighted by atomic mass is 10.1. The molecule has 116 valence electrons. The first-order chi connectivity index (χ1) is 10.3. The van der Waals surface area contributed by atoms with Crippen LogP contribution in [0, 0.1) is 0 Å². The first-order valence-corrected chi connectivity index (χ1v) is 7.01. The van der Waals surface area contributed by atoms with Gasteiger partial charge in [0.05, 0.1) is 27.5 Å². The first kappa shape index (κ1) is 16.9. The maximum Gasteiger partial charge on any atom is 0.416 e. The summed E-state index contributed by atoms with van der Waals surface area (Å²) in [5.74, 6) is 0. The second kappa shape index (κ2) is 6.77. The summed E-state index contributed by atoms with van der Waals surface area (Å²) in [6.07, 6.45) is -3.01. The van der Waals surface area contributed by atoms with E-state index in [2.05, 4.69) is 10.5 Å². The zero-order valence-electron chi connectivity index (χ0n) is 10.8. The van der Waals surface area contributed by atoms with E-state index in [0.29, 0.717) is 16.3 Å². The van der Waals surface area contributed by atoms with E-state index in [1.165, 1.54) is 30.5 Å². The number of halogens is 6. The molecule has 0 unspecified atom stereocenters. The number of anilines is 1. The molecular formula is C14H8Cl3F3N2. The normalized spacial score (nSPS) is 11.9. The van der Waals surface area contributed by atoms with Crippen LogP contribution < -0.4 is 5.43 Å². The first-order valence-electron chi connectivity index (χ1n) is 5.88. The van der Waals surface area contributed by atoms with Gasteiger partial charge in [-0.1, -0.05) is 46.9 Å². The highest BCUT2D eigenvalue weighted by Crippen LogP contribution is 2.33. The van der Waals surface area contributed by atoms with Crippen molar-refractivity contribution < 1.29 is 13.2 Å². The Morgan fingerprint density at radius 3 is 2.00 bits per heavy atom. The topological polar surface area (TPSA) is 24.4 Å². The summed E-state index contributed by atoms with van der Waals surface area (Å²) in [7, 11) is 0. The third-order valence-electron chi connectivity index (χ3n) is 2.63. The molecule has 2 rings (SSSR count). The van der Waals surface area contributed by atoms with Crippen LogP contribution >= 0.6 is 34.8 Å². The van der Waals surface area contributed by atoms with Gasteiger partial charge in [0.25, 0.3) is 0 Å². The van der Waals surface area contributed by atoms with Crippen LogP contribution in [0.25, 0.3) is 0 Å². The number of hydrazone groups is 1. The summed E-state index contributed by atoms with van der Waals surface area (Å²) < 4.78 is 37.3. The molecule has 0 aliphatic carbocycles. The molecule has 0 amide bonds. The fourth-order valence-corrected chi connectivity index (χ4v) is 2.48. The molecule has 0 aliphatic heterocycles. The Kier molecular flexibility index (Phi) is 5.21. The smallest absolute Gasteiger partial charge is 0.275 e. The van der Waals surface area contributed by atoms with E-state index in [0.717, 1.165) is 12.1 Å². The van der Waals surface area contributed by atoms with E-state index in [1.54, 1.807) is 0 Å². The SMILES string of the molecule is FC(F)(F)c1ccc(/C=N\Nc2c(Cl)cc(Cl)cc2Cl)cc1. The summed E-state index contributed by atoms with van der Waals surface area (Å²) in [5.41, 5.74) is 2.75. The summed E-state index contributed by atoms with van der Waals surface area (Å²) in [4.78, 5) is 0. The minimum atomic E-state index is -4.36. The van der Waals surface area contributed by atoms with Gasteiger partial charge in [-0.15, -0.1) is 0 Å². The van der Waals surface area contributed by atoms with E-state index < -0.39 is 11.7 Å². The molecule has 0 atom stereocenters. The van der Waals surface area contributed by atoms with Crippen LogP contribution in [0.3, 0.4) is 0 Å². The number of nitrogens with zero attached hydrogens (tertiary/aromatic N) is 1. The highest BCUT2D eigenvalue weighted by Gasteiger charge is 2.29. The van der Waals surface area contributed by atoms with Crippen molar-refractivity contribution in [2.45, 2.75) is 6.18 Å². The average molecular weight is 368 g/mol. The van der Waals surface area contributed by atoms with Gasteiger partial charge >= 0.3 is 6.18 Å². The third kappa shape index (κ3) is 4.29. The number of rotatable bonds is 3. The lowest BCUT2D eigenvalue weighted by Gasteiger charge is -2.07. The van der Waals surface area contributed by atoms with Crippen molar-refractivity contribution >= 4 is 46.7 Å². The molecule has 2 aromatic rings. The van der Waals surface area contributed by atoms with E-state index in [4.69, 9.17) is 34.8 Å². The van der Waals surface area contributed by atoms with E-state index in [1.807, 2.05) is 0 Å². The van der Waals surface area contributed by atoms with Crippen LogP contribution in [0.4, 0.5) is 18.9 Å². The zero-order chi connectivity index (χ0) is 16.3. The second-order valence-corrected chi connectivity index (χ2v) is 5.49. The molecular weight excluding hydrogens is 360 g/mol.